The summed E-state index contributed by atoms with van der Waals surface area (Å²) in [4.78, 5) is 28.8. The van der Waals surface area contributed by atoms with Crippen LogP contribution in [0.4, 0.5) is 11.4 Å². The maximum atomic E-state index is 13.3. The number of carbonyl (C=O) groups excluding carboxylic acids is 2. The number of rotatable bonds is 7. The van der Waals surface area contributed by atoms with Gasteiger partial charge in [0.15, 0.2) is 0 Å². The molecular formula is C29H34N4O2. The number of aryl methyl sites for hydroxylation is 1. The van der Waals surface area contributed by atoms with Crippen LogP contribution in [0.3, 0.4) is 0 Å². The lowest BCUT2D eigenvalue weighted by Crippen LogP contribution is -2.48. The highest BCUT2D eigenvalue weighted by Gasteiger charge is 2.19. The highest BCUT2D eigenvalue weighted by Crippen LogP contribution is 2.30. The maximum absolute atomic E-state index is 13.3. The van der Waals surface area contributed by atoms with E-state index in [2.05, 4.69) is 53.2 Å². The van der Waals surface area contributed by atoms with E-state index in [0.29, 0.717) is 18.0 Å². The molecule has 2 amide bonds. The van der Waals surface area contributed by atoms with Crippen LogP contribution in [0.15, 0.2) is 66.7 Å². The number of piperazine rings is 1. The second-order valence-electron chi connectivity index (χ2n) is 9.50. The summed E-state index contributed by atoms with van der Waals surface area (Å²) in [5.74, 6) is 0.0537. The predicted molar refractivity (Wildman–Crippen MR) is 143 cm³/mol. The Morgan fingerprint density at radius 3 is 2.17 bits per heavy atom. The molecular weight excluding hydrogens is 436 g/mol. The molecule has 0 atom stereocenters. The molecule has 3 aromatic carbocycles. The van der Waals surface area contributed by atoms with Gasteiger partial charge in [0.2, 0.25) is 5.91 Å². The molecule has 1 aliphatic rings. The molecule has 3 N–H and O–H groups in total. The third-order valence-electron chi connectivity index (χ3n) is 6.63. The van der Waals surface area contributed by atoms with Crippen molar-refractivity contribution in [2.75, 3.05) is 42.9 Å². The Balaban J connectivity index is 1.46. The van der Waals surface area contributed by atoms with Crippen LogP contribution < -0.4 is 16.0 Å². The van der Waals surface area contributed by atoms with Crippen LogP contribution in [0.1, 0.15) is 41.3 Å². The van der Waals surface area contributed by atoms with Gasteiger partial charge in [0.05, 0.1) is 6.54 Å². The summed E-state index contributed by atoms with van der Waals surface area (Å²) in [6.07, 6.45) is 0. The van der Waals surface area contributed by atoms with E-state index in [9.17, 15) is 9.59 Å². The normalized spacial score (nSPS) is 14.2. The van der Waals surface area contributed by atoms with Crippen molar-refractivity contribution in [3.05, 3.63) is 83.4 Å². The van der Waals surface area contributed by atoms with Crippen LogP contribution in [-0.2, 0) is 4.79 Å². The van der Waals surface area contributed by atoms with E-state index in [1.807, 2.05) is 49.4 Å². The molecule has 1 saturated heterocycles. The van der Waals surface area contributed by atoms with Crippen molar-refractivity contribution in [3.8, 4) is 11.1 Å². The van der Waals surface area contributed by atoms with E-state index >= 15 is 0 Å². The Bertz CT molecular complexity index is 1180. The molecule has 0 saturated carbocycles. The topological polar surface area (TPSA) is 78.7 Å². The van der Waals surface area contributed by atoms with Crippen molar-refractivity contribution in [1.29, 1.82) is 0 Å². The zero-order valence-electron chi connectivity index (χ0n) is 20.8. The molecule has 1 heterocycles. The van der Waals surface area contributed by atoms with Gasteiger partial charge in [-0.25, -0.2) is 0 Å². The zero-order valence-corrected chi connectivity index (χ0v) is 20.8. The van der Waals surface area contributed by atoms with Crippen molar-refractivity contribution < 1.29 is 9.59 Å². The highest BCUT2D eigenvalue weighted by molar-refractivity contribution is 6.09. The fraction of sp³-hybridized carbons (Fsp3) is 0.310. The quantitative estimate of drug-likeness (QED) is 0.527. The Kier molecular flexibility index (Phi) is 7.51. The standard InChI is InChI=1S/C29H34N4O2/c1-20(2)22-7-9-23(10-8-22)28-21(3)5-4-6-26(28)29(35)31-24-11-13-25(14-12-24)33-17-15-32(16-18-33)19-27(30)34/h4-14,20H,15-19H2,1-3H3,(H2,30,34)(H,31,35). The fourth-order valence-corrected chi connectivity index (χ4v) is 4.61. The number of carbonyl (C=O) groups is 2. The van der Waals surface area contributed by atoms with Gasteiger partial charge >= 0.3 is 0 Å². The molecule has 0 aromatic heterocycles. The number of nitrogens with two attached hydrogens (primary N) is 1. The Morgan fingerprint density at radius 1 is 0.914 bits per heavy atom. The largest absolute Gasteiger partial charge is 0.369 e. The number of benzene rings is 3. The molecule has 0 bridgehead atoms. The molecule has 1 aliphatic heterocycles. The van der Waals surface area contributed by atoms with Gasteiger partial charge in [-0.05, 0) is 65.4 Å². The van der Waals surface area contributed by atoms with Crippen LogP contribution in [0.2, 0.25) is 0 Å². The lowest BCUT2D eigenvalue weighted by Gasteiger charge is -2.35. The summed E-state index contributed by atoms with van der Waals surface area (Å²) in [7, 11) is 0. The van der Waals surface area contributed by atoms with Gasteiger partial charge in [-0.2, -0.15) is 0 Å². The Hall–Kier alpha value is -3.64. The minimum absolute atomic E-state index is 0.121. The van der Waals surface area contributed by atoms with Gasteiger partial charge in [0, 0.05) is 43.1 Å². The number of primary amides is 1. The monoisotopic (exact) mass is 470 g/mol. The van der Waals surface area contributed by atoms with Gasteiger partial charge in [-0.3, -0.25) is 14.5 Å². The van der Waals surface area contributed by atoms with Gasteiger partial charge in [-0.15, -0.1) is 0 Å². The van der Waals surface area contributed by atoms with Gasteiger partial charge < -0.3 is 16.0 Å². The van der Waals surface area contributed by atoms with Crippen molar-refractivity contribution in [2.45, 2.75) is 26.7 Å². The van der Waals surface area contributed by atoms with E-state index in [-0.39, 0.29) is 11.8 Å². The first-order valence-corrected chi connectivity index (χ1v) is 12.2. The lowest BCUT2D eigenvalue weighted by atomic mass is 9.92. The minimum atomic E-state index is -0.289. The first-order valence-electron chi connectivity index (χ1n) is 12.2. The van der Waals surface area contributed by atoms with E-state index in [4.69, 9.17) is 5.73 Å². The van der Waals surface area contributed by atoms with Crippen LogP contribution in [0, 0.1) is 6.92 Å². The number of nitrogens with zero attached hydrogens (tertiary/aromatic N) is 2. The highest BCUT2D eigenvalue weighted by atomic mass is 16.2. The smallest absolute Gasteiger partial charge is 0.256 e. The first kappa shape index (κ1) is 24.5. The number of hydrogen-bond acceptors (Lipinski definition) is 4. The molecule has 0 unspecified atom stereocenters. The average Bonchev–Trinajstić information content (AvgIpc) is 2.84. The third kappa shape index (κ3) is 5.89. The van der Waals surface area contributed by atoms with Crippen molar-refractivity contribution in [3.63, 3.8) is 0 Å². The summed E-state index contributed by atoms with van der Waals surface area (Å²) in [6, 6.07) is 22.3. The fourth-order valence-electron chi connectivity index (χ4n) is 4.61. The number of nitrogens with one attached hydrogen (secondary N) is 1. The van der Waals surface area contributed by atoms with Crippen LogP contribution in [0.25, 0.3) is 11.1 Å². The molecule has 1 fully saturated rings. The van der Waals surface area contributed by atoms with Crippen LogP contribution in [-0.4, -0.2) is 49.4 Å². The zero-order chi connectivity index (χ0) is 24.9. The number of anilines is 2. The molecule has 3 aromatic rings. The number of amides is 2. The summed E-state index contributed by atoms with van der Waals surface area (Å²) >= 11 is 0. The summed E-state index contributed by atoms with van der Waals surface area (Å²) in [6.45, 7) is 9.98. The first-order chi connectivity index (χ1) is 16.8. The molecule has 182 valence electrons. The second-order valence-corrected chi connectivity index (χ2v) is 9.50. The van der Waals surface area contributed by atoms with E-state index in [0.717, 1.165) is 54.2 Å². The molecule has 4 rings (SSSR count). The second kappa shape index (κ2) is 10.7. The SMILES string of the molecule is Cc1cccc(C(=O)Nc2ccc(N3CCN(CC(N)=O)CC3)cc2)c1-c1ccc(C(C)C)cc1. The lowest BCUT2D eigenvalue weighted by molar-refractivity contribution is -0.119. The Labute approximate surface area is 207 Å². The van der Waals surface area contributed by atoms with E-state index in [1.165, 1.54) is 5.56 Å². The molecule has 6 nitrogen and oxygen atoms in total. The molecule has 6 heteroatoms. The van der Waals surface area contributed by atoms with Gasteiger partial charge in [-0.1, -0.05) is 50.2 Å². The van der Waals surface area contributed by atoms with Gasteiger partial charge in [0.1, 0.15) is 0 Å². The molecule has 35 heavy (non-hydrogen) atoms. The van der Waals surface area contributed by atoms with Crippen molar-refractivity contribution in [1.82, 2.24) is 4.90 Å². The van der Waals surface area contributed by atoms with E-state index < -0.39 is 0 Å². The molecule has 0 radical (unpaired) electrons. The number of hydrogen-bond donors (Lipinski definition) is 2. The van der Waals surface area contributed by atoms with Crippen molar-refractivity contribution in [2.24, 2.45) is 5.73 Å². The van der Waals surface area contributed by atoms with Crippen LogP contribution >= 0.6 is 0 Å². The van der Waals surface area contributed by atoms with Gasteiger partial charge in [0.25, 0.3) is 5.91 Å². The molecule has 0 spiro atoms. The molecule has 0 aliphatic carbocycles. The summed E-state index contributed by atoms with van der Waals surface area (Å²) in [5.41, 5.74) is 12.2. The summed E-state index contributed by atoms with van der Waals surface area (Å²) in [5, 5.41) is 3.07. The Morgan fingerprint density at radius 2 is 1.57 bits per heavy atom. The average molecular weight is 471 g/mol. The minimum Gasteiger partial charge on any atom is -0.369 e. The predicted octanol–water partition coefficient (Wildman–Crippen LogP) is 4.65. The third-order valence-corrected chi connectivity index (χ3v) is 6.63. The summed E-state index contributed by atoms with van der Waals surface area (Å²) < 4.78 is 0. The van der Waals surface area contributed by atoms with E-state index in [1.54, 1.807) is 0 Å². The maximum Gasteiger partial charge on any atom is 0.256 e. The van der Waals surface area contributed by atoms with Crippen LogP contribution in [0.5, 0.6) is 0 Å². The van der Waals surface area contributed by atoms with Crippen molar-refractivity contribution >= 4 is 23.2 Å².